The number of amides is 1. The van der Waals surface area contributed by atoms with Crippen molar-refractivity contribution in [2.75, 3.05) is 12.3 Å². The number of para-hydroxylation sites is 1. The molecule has 2 aromatic carbocycles. The number of ether oxygens (including phenoxy) is 1. The first kappa shape index (κ1) is 18.7. The number of benzene rings is 2. The first-order valence-electron chi connectivity index (χ1n) is 8.37. The van der Waals surface area contributed by atoms with Gasteiger partial charge in [-0.25, -0.2) is 0 Å². The van der Waals surface area contributed by atoms with Crippen LogP contribution in [0.3, 0.4) is 0 Å². The summed E-state index contributed by atoms with van der Waals surface area (Å²) in [6.07, 6.45) is 1.97. The topological polar surface area (TPSA) is 54.1 Å². The molecule has 0 spiro atoms. The van der Waals surface area contributed by atoms with Crippen molar-refractivity contribution in [1.82, 2.24) is 10.3 Å². The molecule has 3 aromatic rings. The van der Waals surface area contributed by atoms with Crippen molar-refractivity contribution in [3.63, 3.8) is 0 Å². The Bertz CT molecular complexity index is 893. The molecular weight excluding hydrogens is 368 g/mol. The van der Waals surface area contributed by atoms with Gasteiger partial charge in [0.25, 0.3) is 5.91 Å². The molecular formula is C20H21ClN2O2S. The van der Waals surface area contributed by atoms with Crippen molar-refractivity contribution in [1.29, 1.82) is 0 Å². The minimum atomic E-state index is -0.927. The van der Waals surface area contributed by atoms with E-state index in [1.807, 2.05) is 54.7 Å². The van der Waals surface area contributed by atoms with Crippen LogP contribution in [0.2, 0.25) is 5.02 Å². The fraction of sp³-hybridized carbons (Fsp3) is 0.250. The maximum absolute atomic E-state index is 12.4. The normalized spacial score (nSPS) is 11.5. The number of rotatable bonds is 7. The smallest absolute Gasteiger partial charge is 0.263 e. The number of halogens is 1. The van der Waals surface area contributed by atoms with Crippen LogP contribution in [0, 0.1) is 0 Å². The van der Waals surface area contributed by atoms with E-state index in [0.717, 1.165) is 21.6 Å². The number of hydrogen-bond donors (Lipinski definition) is 2. The second kappa shape index (κ2) is 8.06. The third-order valence-corrected chi connectivity index (χ3v) is 5.21. The average Bonchev–Trinajstić information content (AvgIpc) is 3.01. The molecule has 2 N–H and O–H groups in total. The summed E-state index contributed by atoms with van der Waals surface area (Å²) < 4.78 is 5.80. The van der Waals surface area contributed by atoms with Gasteiger partial charge in [0, 0.05) is 39.3 Å². The van der Waals surface area contributed by atoms with Crippen molar-refractivity contribution < 1.29 is 9.53 Å². The van der Waals surface area contributed by atoms with Crippen LogP contribution < -0.4 is 10.1 Å². The fourth-order valence-corrected chi connectivity index (χ4v) is 3.63. The van der Waals surface area contributed by atoms with Crippen LogP contribution in [-0.4, -0.2) is 28.8 Å². The maximum Gasteiger partial charge on any atom is 0.263 e. The molecule has 1 aromatic heterocycles. The lowest BCUT2D eigenvalue weighted by molar-refractivity contribution is -0.134. The number of aromatic nitrogens is 1. The zero-order valence-corrected chi connectivity index (χ0v) is 16.3. The van der Waals surface area contributed by atoms with Crippen molar-refractivity contribution >= 4 is 40.2 Å². The van der Waals surface area contributed by atoms with Crippen LogP contribution in [0.4, 0.5) is 0 Å². The summed E-state index contributed by atoms with van der Waals surface area (Å²) >= 11 is 7.69. The van der Waals surface area contributed by atoms with Gasteiger partial charge in [-0.2, -0.15) is 0 Å². The summed E-state index contributed by atoms with van der Waals surface area (Å²) in [7, 11) is 0. The molecule has 0 fully saturated rings. The standard InChI is InChI=1S/C20H21ClN2O2S/c1-20(2,25-15-6-4-3-5-7-15)19(24)22-10-11-26-18-13-23-17-12-14(21)8-9-16(17)18/h3-9,12-13,23H,10-11H2,1-2H3,(H,22,24). The summed E-state index contributed by atoms with van der Waals surface area (Å²) in [4.78, 5) is 16.8. The van der Waals surface area contributed by atoms with Gasteiger partial charge in [-0.3, -0.25) is 4.79 Å². The molecule has 0 radical (unpaired) electrons. The molecule has 0 bridgehead atoms. The van der Waals surface area contributed by atoms with Gasteiger partial charge in [-0.1, -0.05) is 35.9 Å². The van der Waals surface area contributed by atoms with Crippen molar-refractivity contribution in [3.8, 4) is 5.75 Å². The summed E-state index contributed by atoms with van der Waals surface area (Å²) in [5.74, 6) is 1.31. The summed E-state index contributed by atoms with van der Waals surface area (Å²) in [5.41, 5.74) is 0.0882. The molecule has 0 atom stereocenters. The quantitative estimate of drug-likeness (QED) is 0.447. The lowest BCUT2D eigenvalue weighted by Crippen LogP contribution is -2.47. The Labute approximate surface area is 162 Å². The Hall–Kier alpha value is -2.11. The fourth-order valence-electron chi connectivity index (χ4n) is 2.56. The zero-order valence-electron chi connectivity index (χ0n) is 14.7. The van der Waals surface area contributed by atoms with Crippen LogP contribution >= 0.6 is 23.4 Å². The molecule has 0 aliphatic heterocycles. The molecule has 26 heavy (non-hydrogen) atoms. The Morgan fingerprint density at radius 3 is 2.77 bits per heavy atom. The van der Waals surface area contributed by atoms with E-state index < -0.39 is 5.60 Å². The van der Waals surface area contributed by atoms with E-state index in [0.29, 0.717) is 17.3 Å². The number of carbonyl (C=O) groups excluding carboxylic acids is 1. The molecule has 6 heteroatoms. The molecule has 0 saturated carbocycles. The highest BCUT2D eigenvalue weighted by atomic mass is 35.5. The second-order valence-corrected chi connectivity index (χ2v) is 7.95. The van der Waals surface area contributed by atoms with E-state index >= 15 is 0 Å². The van der Waals surface area contributed by atoms with E-state index in [-0.39, 0.29) is 5.91 Å². The van der Waals surface area contributed by atoms with Crippen molar-refractivity contribution in [2.45, 2.75) is 24.3 Å². The summed E-state index contributed by atoms with van der Waals surface area (Å²) in [5, 5.41) is 4.80. The largest absolute Gasteiger partial charge is 0.478 e. The van der Waals surface area contributed by atoms with Gasteiger partial charge in [0.2, 0.25) is 0 Å². The van der Waals surface area contributed by atoms with Crippen LogP contribution in [0.25, 0.3) is 10.9 Å². The van der Waals surface area contributed by atoms with Gasteiger partial charge in [0.05, 0.1) is 0 Å². The number of fused-ring (bicyclic) bond motifs is 1. The number of carbonyl (C=O) groups is 1. The third-order valence-electron chi connectivity index (χ3n) is 3.91. The molecule has 0 unspecified atom stereocenters. The monoisotopic (exact) mass is 388 g/mol. The highest BCUT2D eigenvalue weighted by molar-refractivity contribution is 7.99. The molecule has 0 aliphatic rings. The minimum Gasteiger partial charge on any atom is -0.478 e. The summed E-state index contributed by atoms with van der Waals surface area (Å²) in [6, 6.07) is 15.2. The number of thioether (sulfide) groups is 1. The lowest BCUT2D eigenvalue weighted by atomic mass is 10.1. The van der Waals surface area contributed by atoms with E-state index in [9.17, 15) is 4.79 Å². The van der Waals surface area contributed by atoms with Gasteiger partial charge < -0.3 is 15.0 Å². The molecule has 0 saturated heterocycles. The van der Waals surface area contributed by atoms with Crippen LogP contribution in [0.1, 0.15) is 13.8 Å². The first-order chi connectivity index (χ1) is 12.5. The van der Waals surface area contributed by atoms with Crippen molar-refractivity contribution in [2.24, 2.45) is 0 Å². The highest BCUT2D eigenvalue weighted by Crippen LogP contribution is 2.29. The lowest BCUT2D eigenvalue weighted by Gasteiger charge is -2.25. The average molecular weight is 389 g/mol. The van der Waals surface area contributed by atoms with Gasteiger partial charge in [-0.15, -0.1) is 11.8 Å². The number of aromatic amines is 1. The van der Waals surface area contributed by atoms with E-state index in [2.05, 4.69) is 10.3 Å². The maximum atomic E-state index is 12.4. The van der Waals surface area contributed by atoms with E-state index in [1.165, 1.54) is 0 Å². The molecule has 4 nitrogen and oxygen atoms in total. The van der Waals surface area contributed by atoms with Crippen LogP contribution in [0.15, 0.2) is 59.6 Å². The van der Waals surface area contributed by atoms with E-state index in [4.69, 9.17) is 16.3 Å². The van der Waals surface area contributed by atoms with Gasteiger partial charge >= 0.3 is 0 Å². The molecule has 0 aliphatic carbocycles. The molecule has 1 amide bonds. The molecule has 1 heterocycles. The first-order valence-corrected chi connectivity index (χ1v) is 9.74. The SMILES string of the molecule is CC(C)(Oc1ccccc1)C(=O)NCCSc1c[nH]c2cc(Cl)ccc12. The third kappa shape index (κ3) is 4.54. The van der Waals surface area contributed by atoms with Crippen LogP contribution in [-0.2, 0) is 4.79 Å². The van der Waals surface area contributed by atoms with Gasteiger partial charge in [-0.05, 0) is 38.1 Å². The number of hydrogen-bond acceptors (Lipinski definition) is 3. The number of nitrogens with one attached hydrogen (secondary N) is 2. The minimum absolute atomic E-state index is 0.132. The van der Waals surface area contributed by atoms with Gasteiger partial charge in [0.1, 0.15) is 5.75 Å². The van der Waals surface area contributed by atoms with Crippen molar-refractivity contribution in [3.05, 3.63) is 59.8 Å². The van der Waals surface area contributed by atoms with Crippen LogP contribution in [0.5, 0.6) is 5.75 Å². The number of H-pyrrole nitrogens is 1. The summed E-state index contributed by atoms with van der Waals surface area (Å²) in [6.45, 7) is 4.10. The van der Waals surface area contributed by atoms with E-state index in [1.54, 1.807) is 25.6 Å². The Morgan fingerprint density at radius 1 is 1.23 bits per heavy atom. The molecule has 3 rings (SSSR count). The highest BCUT2D eigenvalue weighted by Gasteiger charge is 2.29. The predicted octanol–water partition coefficient (Wildman–Crippen LogP) is 4.89. The second-order valence-electron chi connectivity index (χ2n) is 6.37. The Morgan fingerprint density at radius 2 is 2.00 bits per heavy atom. The van der Waals surface area contributed by atoms with Gasteiger partial charge in [0.15, 0.2) is 5.60 Å². The predicted molar refractivity (Wildman–Crippen MR) is 108 cm³/mol. The Balaban J connectivity index is 1.50. The molecule has 136 valence electrons. The Kier molecular flexibility index (Phi) is 5.79. The zero-order chi connectivity index (χ0) is 18.6.